The zero-order valence-corrected chi connectivity index (χ0v) is 68.3. The molecule has 1 N–H and O–H groups in total. The number of nitrogens with one attached hydrogen (secondary N) is 1. The van der Waals surface area contributed by atoms with E-state index in [4.69, 9.17) is 9.47 Å². The predicted molar refractivity (Wildman–Crippen MR) is 424 cm³/mol. The van der Waals surface area contributed by atoms with Gasteiger partial charge in [0.2, 0.25) is 0 Å². The van der Waals surface area contributed by atoms with Gasteiger partial charge in [0.05, 0.1) is 13.2 Å². The molecule has 0 aliphatic heterocycles. The van der Waals surface area contributed by atoms with E-state index in [0.29, 0.717) is 17.9 Å². The number of likely N-dealkylation sites (N-methyl/N-ethyl adjacent to an activating group) is 1. The van der Waals surface area contributed by atoms with Crippen molar-refractivity contribution in [3.8, 4) is 11.5 Å². The van der Waals surface area contributed by atoms with Gasteiger partial charge in [0.25, 0.3) is 0 Å². The van der Waals surface area contributed by atoms with Crippen LogP contribution in [0.1, 0.15) is 338 Å². The molecule has 0 fully saturated rings. The monoisotopic (exact) mass is 1300 g/mol. The maximum atomic E-state index is 5.75. The molecule has 0 spiro atoms. The summed E-state index contributed by atoms with van der Waals surface area (Å²) < 4.78 is 11.5. The zero-order chi connectivity index (χ0) is 71.3. The van der Waals surface area contributed by atoms with Gasteiger partial charge in [-0.25, -0.2) is 0 Å². The summed E-state index contributed by atoms with van der Waals surface area (Å²) in [6.45, 7) is 72.8. The maximum absolute atomic E-state index is 5.75. The highest BCUT2D eigenvalue weighted by Crippen LogP contribution is 2.24. The van der Waals surface area contributed by atoms with Gasteiger partial charge in [-0.3, -0.25) is 0 Å². The van der Waals surface area contributed by atoms with Crippen LogP contribution in [0.25, 0.3) is 0 Å². The molecule has 0 aromatic heterocycles. The van der Waals surface area contributed by atoms with Gasteiger partial charge in [-0.2, -0.15) is 0 Å². The van der Waals surface area contributed by atoms with Gasteiger partial charge >= 0.3 is 0 Å². The Morgan fingerprint density at radius 3 is 1.08 bits per heavy atom. The Hall–Kier alpha value is -2.82. The normalized spacial score (nSPS) is 12.9. The standard InChI is InChI=1S/2C18H30O.C16H26.C13H28.C12H28N2.C12H26/c1-14(2)10-11-19-18-8-6-17(7-9-18)13-16(5)12-15(3)4;1-15(2)7-5-9-17-10-12-18(13-11-17)19-14-6-8-16(3)4;1-12(2)10-14(5)11-15-6-8-16(9-7-15)13(3)4;1-11(2)8-6-7-9-13(5)10-12(3)4;1-6-14(9-7-11(2)3)10-8-13-12(4)5;1-10(2)7-6-8-12(5)9-11(3)4/h6-9,14-16H,10-13H2,1-5H3;10-13,15-16H,5-9,14H2,1-4H3;6-9,12-14H,10-11H2,1-5H3;11-13H,6-10H2,1-5H3;11-13H,6-10H2,1-5H3;10-12H,6-9H2,1-5H3/t16-;;14-;13-;;12-/m1.01.0/s1. The van der Waals surface area contributed by atoms with E-state index in [1.54, 1.807) is 0 Å². The number of hydrogen-bond donors (Lipinski definition) is 1. The molecule has 0 amide bonds. The Morgan fingerprint density at radius 2 is 0.677 bits per heavy atom. The molecule has 0 radical (unpaired) electrons. The number of nitrogens with zero attached hydrogens (tertiary/aromatic N) is 1. The SMILES string of the molecule is CC(C)CCCC[C@@H](C)CC(C)C.CC(C)CCCOc1ccc(CCCC(C)C)cc1.CC(C)CCC[C@H](C)CC(C)C.CC(C)CCOc1ccc(C[C@H](C)CC(C)C)cc1.CC(C)C[C@H](C)Cc1ccc(C(C)C)cc1.CCN(CCNC(C)C)CCC(C)C. The van der Waals surface area contributed by atoms with Gasteiger partial charge in [-0.1, -0.05) is 301 Å². The molecular formula is C89H168N2O2. The van der Waals surface area contributed by atoms with Crippen LogP contribution in [0.15, 0.2) is 72.8 Å². The molecular weight excluding hydrogens is 1130 g/mol. The summed E-state index contributed by atoms with van der Waals surface area (Å²) in [5, 5.41) is 3.46. The lowest BCUT2D eigenvalue weighted by Crippen LogP contribution is -2.35. The van der Waals surface area contributed by atoms with Crippen LogP contribution in [0.5, 0.6) is 11.5 Å². The summed E-state index contributed by atoms with van der Waals surface area (Å²) >= 11 is 0. The quantitative estimate of drug-likeness (QED) is 0.0573. The molecule has 4 nitrogen and oxygen atoms in total. The number of rotatable bonds is 43. The second-order valence-corrected chi connectivity index (χ2v) is 34.0. The molecule has 3 rings (SSSR count). The molecule has 4 atom stereocenters. The smallest absolute Gasteiger partial charge is 0.119 e. The summed E-state index contributed by atoms with van der Waals surface area (Å²) in [5.74, 6) is 14.3. The van der Waals surface area contributed by atoms with E-state index < -0.39 is 0 Å². The average Bonchev–Trinajstić information content (AvgIpc) is 1.63. The van der Waals surface area contributed by atoms with E-state index in [1.165, 1.54) is 157 Å². The fourth-order valence-electron chi connectivity index (χ4n) is 12.0. The van der Waals surface area contributed by atoms with Crippen LogP contribution in [0.2, 0.25) is 0 Å². The van der Waals surface area contributed by atoms with Crippen molar-refractivity contribution in [2.45, 2.75) is 341 Å². The maximum Gasteiger partial charge on any atom is 0.119 e. The average molecular weight is 1300 g/mol. The van der Waals surface area contributed by atoms with Crippen LogP contribution in [0.4, 0.5) is 0 Å². The first-order valence-electron chi connectivity index (χ1n) is 39.6. The minimum atomic E-state index is 0.610. The van der Waals surface area contributed by atoms with Crippen molar-refractivity contribution in [3.05, 3.63) is 95.1 Å². The van der Waals surface area contributed by atoms with Crippen LogP contribution >= 0.6 is 0 Å². The second kappa shape index (κ2) is 60.4. The Balaban J connectivity index is -0.00000105. The molecule has 0 aliphatic rings. The van der Waals surface area contributed by atoms with E-state index in [2.05, 4.69) is 284 Å². The van der Waals surface area contributed by atoms with Gasteiger partial charge in [-0.15, -0.1) is 0 Å². The Bertz CT molecular complexity index is 1990. The van der Waals surface area contributed by atoms with Crippen molar-refractivity contribution in [3.63, 3.8) is 0 Å². The Labute approximate surface area is 586 Å². The molecule has 93 heavy (non-hydrogen) atoms. The summed E-state index contributed by atoms with van der Waals surface area (Å²) in [6, 6.07) is 27.0. The van der Waals surface area contributed by atoms with E-state index >= 15 is 0 Å². The summed E-state index contributed by atoms with van der Waals surface area (Å²) in [7, 11) is 0. The largest absolute Gasteiger partial charge is 0.494 e. The number of hydrogen-bond acceptors (Lipinski definition) is 4. The Morgan fingerprint density at radius 1 is 0.323 bits per heavy atom. The van der Waals surface area contributed by atoms with E-state index in [9.17, 15) is 0 Å². The molecule has 0 saturated heterocycles. The Kier molecular flexibility index (Phi) is 61.3. The molecule has 0 bridgehead atoms. The topological polar surface area (TPSA) is 33.7 Å². The third-order valence-corrected chi connectivity index (χ3v) is 17.2. The lowest BCUT2D eigenvalue weighted by Gasteiger charge is -2.22. The van der Waals surface area contributed by atoms with Crippen molar-refractivity contribution in [2.24, 2.45) is 82.9 Å². The molecule has 3 aromatic carbocycles. The number of ether oxygens (including phenoxy) is 2. The van der Waals surface area contributed by atoms with Crippen molar-refractivity contribution < 1.29 is 9.47 Å². The lowest BCUT2D eigenvalue weighted by molar-refractivity contribution is 0.267. The zero-order valence-electron chi connectivity index (χ0n) is 68.3. The van der Waals surface area contributed by atoms with Crippen molar-refractivity contribution in [2.75, 3.05) is 39.4 Å². The third-order valence-electron chi connectivity index (χ3n) is 17.2. The molecule has 4 heteroatoms. The van der Waals surface area contributed by atoms with Crippen LogP contribution in [-0.4, -0.2) is 50.3 Å². The highest BCUT2D eigenvalue weighted by atomic mass is 16.5. The third kappa shape index (κ3) is 67.5. The molecule has 0 unspecified atom stereocenters. The summed E-state index contributed by atoms with van der Waals surface area (Å²) in [6.07, 6.45) is 26.4. The van der Waals surface area contributed by atoms with Crippen LogP contribution in [-0.2, 0) is 19.3 Å². The summed E-state index contributed by atoms with van der Waals surface area (Å²) in [5.41, 5.74) is 5.78. The van der Waals surface area contributed by atoms with Gasteiger partial charge < -0.3 is 19.7 Å². The van der Waals surface area contributed by atoms with Gasteiger partial charge in [0.15, 0.2) is 0 Å². The molecule has 3 aromatic rings. The number of benzene rings is 3. The predicted octanol–water partition coefficient (Wildman–Crippen LogP) is 27.6. The molecule has 0 saturated carbocycles. The van der Waals surface area contributed by atoms with Gasteiger partial charge in [0, 0.05) is 19.1 Å². The highest BCUT2D eigenvalue weighted by Gasteiger charge is 2.11. The highest BCUT2D eigenvalue weighted by molar-refractivity contribution is 5.28. The number of aryl methyl sites for hydroxylation is 1. The van der Waals surface area contributed by atoms with Crippen molar-refractivity contribution in [1.29, 1.82) is 0 Å². The van der Waals surface area contributed by atoms with Crippen molar-refractivity contribution >= 4 is 0 Å². The van der Waals surface area contributed by atoms with Crippen LogP contribution in [0, 0.1) is 82.9 Å². The number of unbranched alkanes of at least 4 members (excludes halogenated alkanes) is 1. The van der Waals surface area contributed by atoms with E-state index in [-0.39, 0.29) is 0 Å². The lowest BCUT2D eigenvalue weighted by atomic mass is 9.91. The fourth-order valence-corrected chi connectivity index (χ4v) is 12.0. The first kappa shape index (κ1) is 94.4. The molecule has 0 heterocycles. The van der Waals surface area contributed by atoms with Crippen LogP contribution < -0.4 is 14.8 Å². The van der Waals surface area contributed by atoms with Gasteiger partial charge in [-0.05, 0) is 225 Å². The van der Waals surface area contributed by atoms with E-state index in [0.717, 1.165) is 121 Å². The van der Waals surface area contributed by atoms with Gasteiger partial charge in [0.1, 0.15) is 11.5 Å². The van der Waals surface area contributed by atoms with Crippen molar-refractivity contribution in [1.82, 2.24) is 10.2 Å². The minimum Gasteiger partial charge on any atom is -0.494 e. The minimum absolute atomic E-state index is 0.610. The van der Waals surface area contributed by atoms with E-state index in [1.807, 2.05) is 0 Å². The summed E-state index contributed by atoms with van der Waals surface area (Å²) in [4.78, 5) is 2.52. The second-order valence-electron chi connectivity index (χ2n) is 34.0. The van der Waals surface area contributed by atoms with Crippen LogP contribution in [0.3, 0.4) is 0 Å². The first-order chi connectivity index (χ1) is 43.6. The fraction of sp³-hybridized carbons (Fsp3) is 0.798. The molecule has 0 aliphatic carbocycles. The molecule has 546 valence electrons. The first-order valence-corrected chi connectivity index (χ1v) is 39.6.